The molecule has 1 spiro atoms. The molecule has 1 heterocycles. The summed E-state index contributed by atoms with van der Waals surface area (Å²) < 4.78 is 10.8. The molecule has 1 unspecified atom stereocenters. The van der Waals surface area contributed by atoms with Gasteiger partial charge in [-0.3, -0.25) is 9.59 Å². The minimum atomic E-state index is -0.832. The average Bonchev–Trinajstić information content (AvgIpc) is 2.85. The van der Waals surface area contributed by atoms with Gasteiger partial charge in [0.15, 0.2) is 5.78 Å². The van der Waals surface area contributed by atoms with E-state index in [9.17, 15) is 9.59 Å². The zero-order valence-electron chi connectivity index (χ0n) is 14.9. The van der Waals surface area contributed by atoms with Crippen molar-refractivity contribution in [3.63, 3.8) is 0 Å². The third-order valence-electron chi connectivity index (χ3n) is 5.56. The highest BCUT2D eigenvalue weighted by atomic mass is 35.5. The molecule has 1 amide bonds. The van der Waals surface area contributed by atoms with Gasteiger partial charge in [-0.2, -0.15) is 0 Å². The minimum absolute atomic E-state index is 0.0534. The van der Waals surface area contributed by atoms with Gasteiger partial charge in [0.2, 0.25) is 5.91 Å². The molecule has 0 radical (unpaired) electrons. The van der Waals surface area contributed by atoms with Crippen LogP contribution in [-0.4, -0.2) is 37.6 Å². The van der Waals surface area contributed by atoms with Crippen molar-refractivity contribution < 1.29 is 19.1 Å². The number of hydrogen-bond acceptors (Lipinski definition) is 4. The molecule has 1 aromatic carbocycles. The summed E-state index contributed by atoms with van der Waals surface area (Å²) in [5.74, 6) is -0.625. The van der Waals surface area contributed by atoms with Gasteiger partial charge in [-0.1, -0.05) is 18.5 Å². The SMILES string of the molecule is CCc1cc(Cl)cc(OC)c1C1C(=O)NC2(CCC(OC)CC2)C1=O. The lowest BCUT2D eigenvalue weighted by atomic mass is 9.75. The first-order chi connectivity index (χ1) is 12.0. The maximum atomic E-state index is 13.3. The van der Waals surface area contributed by atoms with Crippen LogP contribution in [0.15, 0.2) is 12.1 Å². The molecule has 1 N–H and O–H groups in total. The van der Waals surface area contributed by atoms with Crippen LogP contribution in [0, 0.1) is 0 Å². The van der Waals surface area contributed by atoms with Crippen LogP contribution in [0.2, 0.25) is 5.02 Å². The summed E-state index contributed by atoms with van der Waals surface area (Å²) in [4.78, 5) is 26.1. The summed E-state index contributed by atoms with van der Waals surface area (Å²) >= 11 is 6.15. The molecule has 136 valence electrons. The van der Waals surface area contributed by atoms with Gasteiger partial charge in [-0.15, -0.1) is 0 Å². The van der Waals surface area contributed by atoms with Crippen molar-refractivity contribution in [2.75, 3.05) is 14.2 Å². The van der Waals surface area contributed by atoms with Crippen molar-refractivity contribution in [2.24, 2.45) is 0 Å². The van der Waals surface area contributed by atoms with E-state index in [4.69, 9.17) is 21.1 Å². The molecule has 1 aromatic rings. The number of rotatable bonds is 4. The van der Waals surface area contributed by atoms with Crippen LogP contribution in [0.25, 0.3) is 0 Å². The number of carbonyl (C=O) groups is 2. The standard InChI is InChI=1S/C19H24ClNO4/c1-4-11-9-12(20)10-14(25-3)15(11)16-17(22)19(21-18(16)23)7-5-13(24-2)6-8-19/h9-10,13,16H,4-8H2,1-3H3,(H,21,23). The highest BCUT2D eigenvalue weighted by Gasteiger charge is 2.55. The number of ether oxygens (including phenoxy) is 2. The normalized spacial score (nSPS) is 29.1. The second kappa shape index (κ2) is 6.96. The van der Waals surface area contributed by atoms with Crippen molar-refractivity contribution in [1.82, 2.24) is 5.32 Å². The molecule has 0 bridgehead atoms. The molecule has 1 aliphatic carbocycles. The number of Topliss-reactive ketones (excluding diaryl/α,β-unsaturated/α-hetero) is 1. The lowest BCUT2D eigenvalue weighted by molar-refractivity contribution is -0.126. The van der Waals surface area contributed by atoms with E-state index >= 15 is 0 Å². The minimum Gasteiger partial charge on any atom is -0.496 e. The molecular weight excluding hydrogens is 342 g/mol. The van der Waals surface area contributed by atoms with Gasteiger partial charge in [0.25, 0.3) is 0 Å². The predicted molar refractivity (Wildman–Crippen MR) is 95.3 cm³/mol. The molecule has 5 nitrogen and oxygen atoms in total. The molecule has 1 aliphatic heterocycles. The maximum Gasteiger partial charge on any atom is 0.236 e. The van der Waals surface area contributed by atoms with E-state index in [0.717, 1.165) is 18.4 Å². The Kier molecular flexibility index (Phi) is 5.07. The first-order valence-corrected chi connectivity index (χ1v) is 9.09. The summed E-state index contributed by atoms with van der Waals surface area (Å²) in [6.45, 7) is 1.98. The van der Waals surface area contributed by atoms with Crippen molar-refractivity contribution >= 4 is 23.3 Å². The van der Waals surface area contributed by atoms with Crippen molar-refractivity contribution in [1.29, 1.82) is 0 Å². The van der Waals surface area contributed by atoms with E-state index in [0.29, 0.717) is 35.6 Å². The number of halogens is 1. The molecule has 3 rings (SSSR count). The average molecular weight is 366 g/mol. The third kappa shape index (κ3) is 3.04. The molecule has 2 fully saturated rings. The second-order valence-corrected chi connectivity index (χ2v) is 7.27. The zero-order valence-corrected chi connectivity index (χ0v) is 15.6. The van der Waals surface area contributed by atoms with Crippen molar-refractivity contribution in [2.45, 2.75) is 56.6 Å². The summed E-state index contributed by atoms with van der Waals surface area (Å²) in [6.07, 6.45) is 3.60. The number of methoxy groups -OCH3 is 2. The van der Waals surface area contributed by atoms with Gasteiger partial charge in [0, 0.05) is 17.7 Å². The number of aryl methyl sites for hydroxylation is 1. The molecule has 1 saturated carbocycles. The molecule has 1 atom stereocenters. The van der Waals surface area contributed by atoms with E-state index in [1.807, 2.05) is 13.0 Å². The van der Waals surface area contributed by atoms with E-state index < -0.39 is 11.5 Å². The number of nitrogens with one attached hydrogen (secondary N) is 1. The number of benzene rings is 1. The Labute approximate surface area is 153 Å². The summed E-state index contributed by atoms with van der Waals surface area (Å²) in [6, 6.07) is 3.48. The molecule has 2 aliphatic rings. The highest BCUT2D eigenvalue weighted by molar-refractivity contribution is 6.31. The lowest BCUT2D eigenvalue weighted by Crippen LogP contribution is -2.50. The Hall–Kier alpha value is -1.59. The summed E-state index contributed by atoms with van der Waals surface area (Å²) in [5, 5.41) is 3.54. The van der Waals surface area contributed by atoms with E-state index in [1.54, 1.807) is 13.2 Å². The monoisotopic (exact) mass is 365 g/mol. The molecule has 6 heteroatoms. The van der Waals surface area contributed by atoms with Gasteiger partial charge in [0.05, 0.1) is 18.8 Å². The molecule has 25 heavy (non-hydrogen) atoms. The fourth-order valence-corrected chi connectivity index (χ4v) is 4.39. The Morgan fingerprint density at radius 2 is 1.92 bits per heavy atom. The maximum absolute atomic E-state index is 13.3. The van der Waals surface area contributed by atoms with Crippen LogP contribution in [0.4, 0.5) is 0 Å². The predicted octanol–water partition coefficient (Wildman–Crippen LogP) is 3.02. The van der Waals surface area contributed by atoms with Crippen LogP contribution in [-0.2, 0) is 20.7 Å². The van der Waals surface area contributed by atoms with Gasteiger partial charge in [-0.05, 0) is 49.8 Å². The van der Waals surface area contributed by atoms with Crippen LogP contribution >= 0.6 is 11.6 Å². The Morgan fingerprint density at radius 1 is 1.24 bits per heavy atom. The van der Waals surface area contributed by atoms with E-state index in [-0.39, 0.29) is 17.8 Å². The largest absolute Gasteiger partial charge is 0.496 e. The lowest BCUT2D eigenvalue weighted by Gasteiger charge is -2.35. The highest BCUT2D eigenvalue weighted by Crippen LogP contribution is 2.43. The van der Waals surface area contributed by atoms with Gasteiger partial charge in [-0.25, -0.2) is 0 Å². The second-order valence-electron chi connectivity index (χ2n) is 6.84. The third-order valence-corrected chi connectivity index (χ3v) is 5.78. The van der Waals surface area contributed by atoms with Crippen LogP contribution in [0.5, 0.6) is 5.75 Å². The quantitative estimate of drug-likeness (QED) is 0.833. The zero-order chi connectivity index (χ0) is 18.2. The smallest absolute Gasteiger partial charge is 0.236 e. The van der Waals surface area contributed by atoms with Gasteiger partial charge >= 0.3 is 0 Å². The topological polar surface area (TPSA) is 64.6 Å². The number of amides is 1. The van der Waals surface area contributed by atoms with Gasteiger partial charge in [0.1, 0.15) is 11.7 Å². The molecule has 1 saturated heterocycles. The van der Waals surface area contributed by atoms with Crippen LogP contribution in [0.1, 0.15) is 49.7 Å². The summed E-state index contributed by atoms with van der Waals surface area (Å²) in [7, 11) is 3.22. The van der Waals surface area contributed by atoms with Crippen molar-refractivity contribution in [3.8, 4) is 5.75 Å². The first-order valence-electron chi connectivity index (χ1n) is 8.71. The molecule has 0 aromatic heterocycles. The van der Waals surface area contributed by atoms with Gasteiger partial charge < -0.3 is 14.8 Å². The van der Waals surface area contributed by atoms with Crippen LogP contribution in [0.3, 0.4) is 0 Å². The van der Waals surface area contributed by atoms with E-state index in [2.05, 4.69) is 5.32 Å². The first kappa shape index (κ1) is 18.2. The number of hydrogen-bond donors (Lipinski definition) is 1. The Balaban J connectivity index is 1.99. The number of carbonyl (C=O) groups excluding carboxylic acids is 2. The Morgan fingerprint density at radius 3 is 2.48 bits per heavy atom. The fourth-order valence-electron chi connectivity index (χ4n) is 4.15. The van der Waals surface area contributed by atoms with E-state index in [1.165, 1.54) is 7.11 Å². The number of ketones is 1. The van der Waals surface area contributed by atoms with Crippen LogP contribution < -0.4 is 10.1 Å². The van der Waals surface area contributed by atoms with Crippen molar-refractivity contribution in [3.05, 3.63) is 28.3 Å². The summed E-state index contributed by atoms with van der Waals surface area (Å²) in [5.41, 5.74) is 0.759. The fraction of sp³-hybridized carbons (Fsp3) is 0.579. The molecular formula is C19H24ClNO4. The Bertz CT molecular complexity index is 670.